The first-order chi connectivity index (χ1) is 45.9. The van der Waals surface area contributed by atoms with E-state index < -0.39 is 0 Å². The van der Waals surface area contributed by atoms with Crippen LogP contribution in [0.15, 0.2) is 273 Å². The zero-order valence-corrected chi connectivity index (χ0v) is 53.2. The van der Waals surface area contributed by atoms with E-state index in [1.54, 1.807) is 0 Å². The van der Waals surface area contributed by atoms with Crippen LogP contribution in [0.2, 0.25) is 0 Å². The highest BCUT2D eigenvalue weighted by Crippen LogP contribution is 2.57. The predicted octanol–water partition coefficient (Wildman–Crippen LogP) is 22.8. The molecule has 0 fully saturated rings. The summed E-state index contributed by atoms with van der Waals surface area (Å²) in [4.78, 5) is 11.3. The lowest BCUT2D eigenvalue weighted by Gasteiger charge is -2.24. The second-order valence-electron chi connectivity index (χ2n) is 28.0. The van der Waals surface area contributed by atoms with Crippen LogP contribution in [0.1, 0.15) is 74.9 Å². The maximum atomic E-state index is 5.74. The van der Waals surface area contributed by atoms with Gasteiger partial charge in [-0.2, -0.15) is 0 Å². The highest BCUT2D eigenvalue weighted by molar-refractivity contribution is 6.16. The topological polar surface area (TPSA) is 40.6 Å². The molecule has 0 saturated carbocycles. The van der Waals surface area contributed by atoms with Crippen molar-refractivity contribution in [2.75, 3.05) is 0 Å². The molecular weight excluding hydrogens is 1140 g/mol. The van der Waals surface area contributed by atoms with E-state index in [1.165, 1.54) is 132 Å². The minimum atomic E-state index is -0.219. The number of rotatable bonds is 6. The lowest BCUT2D eigenvalue weighted by Crippen LogP contribution is -2.16. The molecule has 0 amide bonds. The first-order valence-electron chi connectivity index (χ1n) is 33.1. The molecule has 5 heteroatoms. The SMILES string of the molecule is CC1(C)c2ccccc2-c2ccc3c4ccccc4n(-c4ccc(-c5ccc6nc(-c7cccc(-n8c9ccccc9c9ccc%10c(c98)C(C)(C)c8ccccc8-%10)c7)nc(-c7ccc(-n8c9ccccc9c9ccc%10c(c98)C(C)(C)c8ccccc8-%10)cc7)c6c5)cc4)c3c21. The maximum Gasteiger partial charge on any atom is 0.160 e. The van der Waals surface area contributed by atoms with Crippen molar-refractivity contribution in [2.24, 2.45) is 0 Å². The summed E-state index contributed by atoms with van der Waals surface area (Å²) in [7, 11) is 0. The molecule has 0 aliphatic heterocycles. The summed E-state index contributed by atoms with van der Waals surface area (Å²) in [5.74, 6) is 0.674. The molecule has 20 rings (SSSR count). The van der Waals surface area contributed by atoms with Gasteiger partial charge in [-0.3, -0.25) is 0 Å². The van der Waals surface area contributed by atoms with Gasteiger partial charge in [0.2, 0.25) is 0 Å². The van der Waals surface area contributed by atoms with E-state index in [0.29, 0.717) is 5.82 Å². The second kappa shape index (κ2) is 18.9. The fourth-order valence-electron chi connectivity index (χ4n) is 17.8. The summed E-state index contributed by atoms with van der Waals surface area (Å²) in [5, 5.41) is 8.53. The summed E-state index contributed by atoms with van der Waals surface area (Å²) in [6, 6.07) is 102. The van der Waals surface area contributed by atoms with Crippen molar-refractivity contribution in [3.8, 4) is 84.2 Å². The number of nitrogens with zero attached hydrogens (tertiary/aromatic N) is 5. The zero-order valence-electron chi connectivity index (χ0n) is 53.2. The van der Waals surface area contributed by atoms with Crippen molar-refractivity contribution < 1.29 is 0 Å². The molecule has 0 spiro atoms. The molecule has 0 bridgehead atoms. The molecule has 0 saturated heterocycles. The Morgan fingerprint density at radius 3 is 1.11 bits per heavy atom. The van der Waals surface area contributed by atoms with E-state index in [2.05, 4.69) is 328 Å². The average molecular weight is 1200 g/mol. The molecule has 444 valence electrons. The minimum Gasteiger partial charge on any atom is -0.309 e. The van der Waals surface area contributed by atoms with Crippen molar-refractivity contribution in [3.05, 3.63) is 306 Å². The number of benzene rings is 13. The summed E-state index contributed by atoms with van der Waals surface area (Å²) in [6.45, 7) is 14.3. The molecule has 3 aliphatic rings. The van der Waals surface area contributed by atoms with E-state index in [4.69, 9.17) is 9.97 Å². The van der Waals surface area contributed by atoms with Gasteiger partial charge in [-0.1, -0.05) is 248 Å². The van der Waals surface area contributed by atoms with Crippen molar-refractivity contribution in [2.45, 2.75) is 57.8 Å². The molecule has 3 aliphatic carbocycles. The Labute approximate surface area is 545 Å². The summed E-state index contributed by atoms with van der Waals surface area (Å²) in [5.41, 5.74) is 32.1. The molecule has 0 unspecified atom stereocenters. The maximum absolute atomic E-state index is 5.74. The van der Waals surface area contributed by atoms with E-state index in [1.807, 2.05) is 0 Å². The van der Waals surface area contributed by atoms with Gasteiger partial charge >= 0.3 is 0 Å². The van der Waals surface area contributed by atoms with Gasteiger partial charge in [-0.15, -0.1) is 0 Å². The van der Waals surface area contributed by atoms with Gasteiger partial charge in [0.25, 0.3) is 0 Å². The van der Waals surface area contributed by atoms with Crippen LogP contribution in [0.5, 0.6) is 0 Å². The van der Waals surface area contributed by atoms with Crippen LogP contribution < -0.4 is 0 Å². The predicted molar refractivity (Wildman–Crippen MR) is 392 cm³/mol. The highest BCUT2D eigenvalue weighted by Gasteiger charge is 2.41. The van der Waals surface area contributed by atoms with Gasteiger partial charge in [-0.25, -0.2) is 9.97 Å². The summed E-state index contributed by atoms with van der Waals surface area (Å²) >= 11 is 0. The molecule has 13 aromatic carbocycles. The standard InChI is InChI=1S/C89H63N5/c1-87(2)72-28-13-7-22-59(72)65-43-46-68-62-25-10-16-31-76(62)92(83(68)79(65)87)56-39-34-52(35-40-56)54-38-49-75-71(51-54)82(53-36-41-57(42-37-53)93-77-32-17-11-26-63(77)69-47-44-66-60-23-8-14-29-73(60)88(3,4)80(66)84(69)93)91-86(90-75)55-20-19-21-58(50-55)94-78-33-18-12-27-64(78)70-48-45-67-61-24-9-15-30-74(61)89(5,6)81(67)85(70)94/h7-51H,1-6H3. The molecule has 0 N–H and O–H groups in total. The Hall–Kier alpha value is -11.4. The molecule has 94 heavy (non-hydrogen) atoms. The van der Waals surface area contributed by atoms with Crippen LogP contribution in [-0.4, -0.2) is 23.7 Å². The monoisotopic (exact) mass is 1200 g/mol. The van der Waals surface area contributed by atoms with Crippen molar-refractivity contribution in [3.63, 3.8) is 0 Å². The van der Waals surface area contributed by atoms with Crippen LogP contribution in [-0.2, 0) is 16.2 Å². The van der Waals surface area contributed by atoms with E-state index >= 15 is 0 Å². The number of para-hydroxylation sites is 3. The normalized spacial score (nSPS) is 14.5. The van der Waals surface area contributed by atoms with Crippen molar-refractivity contribution >= 4 is 76.3 Å². The van der Waals surface area contributed by atoms with Gasteiger partial charge in [-0.05, 0) is 145 Å². The minimum absolute atomic E-state index is 0.182. The fourth-order valence-corrected chi connectivity index (χ4v) is 17.8. The first kappa shape index (κ1) is 53.3. The van der Waals surface area contributed by atoms with E-state index in [0.717, 1.165) is 55.9 Å². The lowest BCUT2D eigenvalue weighted by atomic mass is 9.81. The Morgan fingerprint density at radius 1 is 0.255 bits per heavy atom. The van der Waals surface area contributed by atoms with Crippen LogP contribution in [0.3, 0.4) is 0 Å². The van der Waals surface area contributed by atoms with Crippen LogP contribution in [0.25, 0.3) is 161 Å². The summed E-state index contributed by atoms with van der Waals surface area (Å²) in [6.07, 6.45) is 0. The average Bonchev–Trinajstić information content (AvgIpc) is 1.55. The largest absolute Gasteiger partial charge is 0.309 e. The third-order valence-corrected chi connectivity index (χ3v) is 22.0. The van der Waals surface area contributed by atoms with Gasteiger partial charge in [0.15, 0.2) is 5.82 Å². The molecule has 0 atom stereocenters. The Bertz CT molecular complexity index is 6180. The third-order valence-electron chi connectivity index (χ3n) is 22.0. The van der Waals surface area contributed by atoms with Gasteiger partial charge < -0.3 is 13.7 Å². The molecule has 17 aromatic rings. The van der Waals surface area contributed by atoms with E-state index in [9.17, 15) is 0 Å². The van der Waals surface area contributed by atoms with Gasteiger partial charge in [0.1, 0.15) is 0 Å². The molecule has 4 aromatic heterocycles. The third kappa shape index (κ3) is 7.08. The molecular formula is C89H63N5. The number of hydrogen-bond acceptors (Lipinski definition) is 2. The van der Waals surface area contributed by atoms with E-state index in [-0.39, 0.29) is 16.2 Å². The van der Waals surface area contributed by atoms with Crippen LogP contribution >= 0.6 is 0 Å². The van der Waals surface area contributed by atoms with Crippen LogP contribution in [0.4, 0.5) is 0 Å². The number of hydrogen-bond donors (Lipinski definition) is 0. The van der Waals surface area contributed by atoms with Crippen molar-refractivity contribution in [1.82, 2.24) is 23.7 Å². The summed E-state index contributed by atoms with van der Waals surface area (Å²) < 4.78 is 7.51. The van der Waals surface area contributed by atoms with Gasteiger partial charge in [0.05, 0.1) is 44.3 Å². The number of aromatic nitrogens is 5. The highest BCUT2D eigenvalue weighted by atomic mass is 15.0. The smallest absolute Gasteiger partial charge is 0.160 e. The Kier molecular flexibility index (Phi) is 10.7. The Morgan fingerprint density at radius 2 is 0.649 bits per heavy atom. The van der Waals surface area contributed by atoms with Gasteiger partial charge in [0, 0.05) is 82.1 Å². The first-order valence-corrected chi connectivity index (χ1v) is 33.1. The van der Waals surface area contributed by atoms with Crippen molar-refractivity contribution in [1.29, 1.82) is 0 Å². The Balaban J connectivity index is 0.760. The molecule has 0 radical (unpaired) electrons. The number of fused-ring (bicyclic) bond motifs is 22. The van der Waals surface area contributed by atoms with Crippen LogP contribution in [0, 0.1) is 0 Å². The fraction of sp³-hybridized carbons (Fsp3) is 0.101. The molecule has 5 nitrogen and oxygen atoms in total. The second-order valence-corrected chi connectivity index (χ2v) is 28.0. The quantitative estimate of drug-likeness (QED) is 0.166. The molecule has 4 heterocycles. The lowest BCUT2D eigenvalue weighted by molar-refractivity contribution is 0.663. The zero-order chi connectivity index (χ0) is 62.7.